The van der Waals surface area contributed by atoms with Crippen molar-refractivity contribution < 1.29 is 32.3 Å². The van der Waals surface area contributed by atoms with Crippen LogP contribution >= 0.6 is 11.3 Å². The van der Waals surface area contributed by atoms with Gasteiger partial charge in [-0.05, 0) is 70.7 Å². The molecule has 0 spiro atoms. The van der Waals surface area contributed by atoms with Crippen molar-refractivity contribution in [2.24, 2.45) is 0 Å². The Balaban J connectivity index is 1.40. The molecule has 0 fully saturated rings. The van der Waals surface area contributed by atoms with E-state index in [1.807, 2.05) is 60.8 Å². The van der Waals surface area contributed by atoms with Gasteiger partial charge in [-0.25, -0.2) is 14.5 Å². The van der Waals surface area contributed by atoms with E-state index in [0.29, 0.717) is 29.4 Å². The van der Waals surface area contributed by atoms with Gasteiger partial charge in [-0.3, -0.25) is 9.59 Å². The molecule has 4 aromatic rings. The van der Waals surface area contributed by atoms with Crippen LogP contribution in [0.3, 0.4) is 0 Å². The summed E-state index contributed by atoms with van der Waals surface area (Å²) in [6.45, 7) is 6.73. The van der Waals surface area contributed by atoms with E-state index in [0.717, 1.165) is 27.7 Å². The Morgan fingerprint density at radius 3 is 2.51 bits per heavy atom. The smallest absolute Gasteiger partial charge is 0.422 e. The van der Waals surface area contributed by atoms with E-state index in [9.17, 15) is 22.8 Å². The molecule has 252 valence electrons. The van der Waals surface area contributed by atoms with Gasteiger partial charge < -0.3 is 25.1 Å². The number of hydrogen-bond donors (Lipinski definition) is 5. The zero-order chi connectivity index (χ0) is 34.2. The van der Waals surface area contributed by atoms with Gasteiger partial charge in [0, 0.05) is 34.1 Å². The lowest BCUT2D eigenvalue weighted by Crippen LogP contribution is -2.44. The number of aromatic nitrogens is 2. The van der Waals surface area contributed by atoms with Crippen molar-refractivity contribution in [1.82, 2.24) is 24.7 Å². The number of carbonyl (C=O) groups excluding carboxylic acids is 3. The van der Waals surface area contributed by atoms with Gasteiger partial charge >= 0.3 is 16.3 Å². The van der Waals surface area contributed by atoms with Crippen LogP contribution in [-0.4, -0.2) is 61.6 Å². The molecule has 47 heavy (non-hydrogen) atoms. The number of nitrogens with one attached hydrogen (secondary N) is 5. The van der Waals surface area contributed by atoms with Crippen LogP contribution in [0.25, 0.3) is 22.2 Å². The monoisotopic (exact) mass is 684 g/mol. The molecule has 1 atom stereocenters. The molecule has 13 nitrogen and oxygen atoms in total. The molecule has 2 heterocycles. The quantitative estimate of drug-likeness (QED) is 0.117. The third-order valence-electron chi connectivity index (χ3n) is 6.95. The molecule has 2 aromatic heterocycles. The fraction of sp³-hybridized carbons (Fsp3) is 0.375. The highest BCUT2D eigenvalue weighted by molar-refractivity contribution is 7.88. The first-order valence-corrected chi connectivity index (χ1v) is 17.4. The maximum absolute atomic E-state index is 13.5. The Morgan fingerprint density at radius 1 is 1.06 bits per heavy atom. The first-order valence-electron chi connectivity index (χ1n) is 15.0. The highest BCUT2D eigenvalue weighted by Crippen LogP contribution is 2.27. The van der Waals surface area contributed by atoms with Crippen molar-refractivity contribution in [3.05, 3.63) is 65.2 Å². The summed E-state index contributed by atoms with van der Waals surface area (Å²) in [6.07, 6.45) is -0.147. The summed E-state index contributed by atoms with van der Waals surface area (Å²) in [5.74, 6) is -0.147. The number of ether oxygens (including phenoxy) is 2. The number of aryl methyl sites for hydroxylation is 1. The predicted octanol–water partition coefficient (Wildman–Crippen LogP) is 4.80. The molecule has 2 aromatic carbocycles. The normalized spacial score (nSPS) is 12.4. The van der Waals surface area contributed by atoms with E-state index in [-0.39, 0.29) is 25.3 Å². The van der Waals surface area contributed by atoms with Crippen LogP contribution in [-0.2, 0) is 31.0 Å². The minimum atomic E-state index is -4.15. The van der Waals surface area contributed by atoms with Gasteiger partial charge in [0.2, 0.25) is 11.8 Å². The number of nitrogens with zero attached hydrogens (tertiary/aromatic N) is 1. The van der Waals surface area contributed by atoms with Gasteiger partial charge in [-0.15, -0.1) is 11.3 Å². The first kappa shape index (κ1) is 35.4. The Morgan fingerprint density at radius 2 is 1.81 bits per heavy atom. The summed E-state index contributed by atoms with van der Waals surface area (Å²) < 4.78 is 38.9. The zero-order valence-corrected chi connectivity index (χ0v) is 28.6. The van der Waals surface area contributed by atoms with Gasteiger partial charge in [0.05, 0.1) is 19.2 Å². The van der Waals surface area contributed by atoms with Crippen LogP contribution in [0.2, 0.25) is 0 Å². The number of fused-ring (bicyclic) bond motifs is 1. The van der Waals surface area contributed by atoms with E-state index >= 15 is 0 Å². The van der Waals surface area contributed by atoms with Gasteiger partial charge in [-0.2, -0.15) is 13.1 Å². The molecule has 0 aliphatic carbocycles. The largest absolute Gasteiger partial charge is 0.497 e. The molecule has 0 unspecified atom stereocenters. The molecular formula is C32H40N6O7S2. The van der Waals surface area contributed by atoms with Gasteiger partial charge in [0.25, 0.3) is 0 Å². The maximum atomic E-state index is 13.5. The molecule has 0 saturated heterocycles. The van der Waals surface area contributed by atoms with Crippen LogP contribution in [0, 0.1) is 6.92 Å². The number of carbonyl (C=O) groups is 3. The fourth-order valence-electron chi connectivity index (χ4n) is 4.78. The molecule has 0 bridgehead atoms. The van der Waals surface area contributed by atoms with Crippen molar-refractivity contribution in [3.8, 4) is 17.0 Å². The predicted molar refractivity (Wildman–Crippen MR) is 182 cm³/mol. The number of anilines is 1. The highest BCUT2D eigenvalue weighted by Gasteiger charge is 2.24. The minimum Gasteiger partial charge on any atom is -0.497 e. The molecule has 0 aliphatic rings. The fourth-order valence-corrected chi connectivity index (χ4v) is 6.25. The molecule has 3 amide bonds. The number of aromatic amines is 1. The van der Waals surface area contributed by atoms with Crippen molar-refractivity contribution in [2.75, 3.05) is 19.0 Å². The lowest BCUT2D eigenvalue weighted by molar-refractivity contribution is -0.126. The second kappa shape index (κ2) is 15.4. The van der Waals surface area contributed by atoms with E-state index in [1.54, 1.807) is 32.6 Å². The summed E-state index contributed by atoms with van der Waals surface area (Å²) >= 11 is 1.27. The topological polar surface area (TPSA) is 181 Å². The van der Waals surface area contributed by atoms with Crippen LogP contribution in [0.1, 0.15) is 51.3 Å². The van der Waals surface area contributed by atoms with E-state index in [4.69, 9.17) is 9.47 Å². The molecule has 0 aliphatic heterocycles. The summed E-state index contributed by atoms with van der Waals surface area (Å²) in [5.41, 5.74) is 3.23. The van der Waals surface area contributed by atoms with Gasteiger partial charge in [-0.1, -0.05) is 30.3 Å². The Kier molecular flexibility index (Phi) is 11.6. The first-order chi connectivity index (χ1) is 22.2. The molecule has 4 rings (SSSR count). The summed E-state index contributed by atoms with van der Waals surface area (Å²) in [4.78, 5) is 46.5. The van der Waals surface area contributed by atoms with Crippen LogP contribution in [0.5, 0.6) is 5.75 Å². The number of H-pyrrole nitrogens is 1. The average Bonchev–Trinajstić information content (AvgIpc) is 3.58. The number of unbranched alkanes of at least 4 members (excludes halogenated alkanes) is 1. The Labute approximate surface area is 278 Å². The summed E-state index contributed by atoms with van der Waals surface area (Å²) in [5, 5.41) is 8.74. The second-order valence-corrected chi connectivity index (χ2v) is 14.2. The lowest BCUT2D eigenvalue weighted by Gasteiger charge is -2.20. The third kappa shape index (κ3) is 10.5. The van der Waals surface area contributed by atoms with Crippen LogP contribution < -0.4 is 24.8 Å². The third-order valence-corrected chi connectivity index (χ3v) is 8.73. The van der Waals surface area contributed by atoms with E-state index < -0.39 is 33.9 Å². The van der Waals surface area contributed by atoms with E-state index in [2.05, 4.69) is 25.3 Å². The molecule has 0 saturated carbocycles. The standard InChI is InChI=1S/C32H40N6O7S2/c1-20-23(24-17-22(44-5)14-15-25(24)34-20)18-28(39)35-26(13-9-10-16-33-47(42,43)38-31(41)45-32(2,3)4)29(40)37-30-36-27(19-46-30)21-11-7-6-8-12-21/h6-8,11-12,14-15,17,19,26,33-34H,9-10,13,16,18H2,1-5H3,(H,35,39)(H,38,41)(H,36,37,40)/t26-/m0/s1. The number of benzene rings is 2. The van der Waals surface area contributed by atoms with Crippen LogP contribution in [0.15, 0.2) is 53.9 Å². The minimum absolute atomic E-state index is 0.0102. The number of rotatable bonds is 14. The van der Waals surface area contributed by atoms with E-state index in [1.165, 1.54) is 11.3 Å². The SMILES string of the molecule is COc1ccc2[nH]c(C)c(CC(=O)N[C@@H](CCCCNS(=O)(=O)NC(=O)OC(C)(C)C)C(=O)Nc3nc(-c4ccccc4)cs3)c2c1. The van der Waals surface area contributed by atoms with Crippen molar-refractivity contribution in [1.29, 1.82) is 0 Å². The Bertz CT molecular complexity index is 1810. The van der Waals surface area contributed by atoms with Gasteiger partial charge in [0.1, 0.15) is 17.4 Å². The average molecular weight is 685 g/mol. The molecular weight excluding hydrogens is 645 g/mol. The number of hydrogen-bond acceptors (Lipinski definition) is 9. The summed E-state index contributed by atoms with van der Waals surface area (Å²) in [7, 11) is -2.58. The van der Waals surface area contributed by atoms with Crippen molar-refractivity contribution >= 4 is 55.5 Å². The van der Waals surface area contributed by atoms with Crippen molar-refractivity contribution in [2.45, 2.75) is 65.0 Å². The molecule has 15 heteroatoms. The number of methoxy groups -OCH3 is 1. The summed E-state index contributed by atoms with van der Waals surface area (Å²) in [6, 6.07) is 14.2. The Hall–Kier alpha value is -4.47. The lowest BCUT2D eigenvalue weighted by atomic mass is 10.1. The maximum Gasteiger partial charge on any atom is 0.422 e. The van der Waals surface area contributed by atoms with Crippen LogP contribution in [0.4, 0.5) is 9.93 Å². The van der Waals surface area contributed by atoms with Gasteiger partial charge in [0.15, 0.2) is 5.13 Å². The molecule has 0 radical (unpaired) electrons. The number of thiazole rings is 1. The van der Waals surface area contributed by atoms with Crippen molar-refractivity contribution in [3.63, 3.8) is 0 Å². The highest BCUT2D eigenvalue weighted by atomic mass is 32.2. The number of amides is 3. The molecule has 5 N–H and O–H groups in total. The second-order valence-electron chi connectivity index (χ2n) is 11.8. The zero-order valence-electron chi connectivity index (χ0n) is 26.9.